The quantitative estimate of drug-likeness (QED) is 0.258. The summed E-state index contributed by atoms with van der Waals surface area (Å²) in [7, 11) is 0. The van der Waals surface area contributed by atoms with Gasteiger partial charge >= 0.3 is 0 Å². The summed E-state index contributed by atoms with van der Waals surface area (Å²) in [4.78, 5) is 20.2. The molecule has 0 amide bonds. The molecular formula is C30H27ClN10. The minimum atomic E-state index is 0.348. The number of aromatic nitrogens is 8. The highest BCUT2D eigenvalue weighted by Crippen LogP contribution is 2.37. The average Bonchev–Trinajstić information content (AvgIpc) is 3.70. The molecule has 6 aromatic rings. The van der Waals surface area contributed by atoms with Gasteiger partial charge in [-0.1, -0.05) is 71.4 Å². The van der Waals surface area contributed by atoms with Gasteiger partial charge in [-0.3, -0.25) is 10.00 Å². The third-order valence-electron chi connectivity index (χ3n) is 7.72. The summed E-state index contributed by atoms with van der Waals surface area (Å²) in [5, 5.41) is 11.1. The lowest BCUT2D eigenvalue weighted by Gasteiger charge is -2.32. The first-order valence-corrected chi connectivity index (χ1v) is 13.9. The van der Waals surface area contributed by atoms with Crippen LogP contribution < -0.4 is 5.73 Å². The number of likely N-dealkylation sites (tertiary alicyclic amines) is 1. The number of nitrogens with two attached hydrogens (primary N) is 1. The van der Waals surface area contributed by atoms with E-state index < -0.39 is 0 Å². The highest BCUT2D eigenvalue weighted by atomic mass is 35.5. The SMILES string of the molecule is Nc1ncnc2c1ncn2C1CCN(Cc2ccc(-c3nc(Cl)c(-c4c[nH]nn4)cc3-c3ccccc3)cc2)CC1. The van der Waals surface area contributed by atoms with Crippen molar-refractivity contribution in [3.05, 3.63) is 90.2 Å². The molecule has 0 unspecified atom stereocenters. The summed E-state index contributed by atoms with van der Waals surface area (Å²) >= 11 is 6.66. The number of hydrogen-bond acceptors (Lipinski definition) is 8. The fraction of sp³-hybridized carbons (Fsp3) is 0.200. The molecule has 1 saturated heterocycles. The van der Waals surface area contributed by atoms with Crippen LogP contribution in [0, 0.1) is 0 Å². The zero-order valence-corrected chi connectivity index (χ0v) is 22.9. The lowest BCUT2D eigenvalue weighted by Crippen LogP contribution is -2.34. The number of nitrogen functional groups attached to an aromatic ring is 1. The van der Waals surface area contributed by atoms with Crippen LogP contribution in [0.1, 0.15) is 24.4 Å². The first-order chi connectivity index (χ1) is 20.1. The summed E-state index contributed by atoms with van der Waals surface area (Å²) in [5.41, 5.74) is 14.0. The molecule has 0 bridgehead atoms. The second kappa shape index (κ2) is 10.7. The van der Waals surface area contributed by atoms with E-state index in [9.17, 15) is 0 Å². The summed E-state index contributed by atoms with van der Waals surface area (Å²) in [6, 6.07) is 21.2. The number of rotatable bonds is 6. The van der Waals surface area contributed by atoms with Crippen molar-refractivity contribution in [2.45, 2.75) is 25.4 Å². The van der Waals surface area contributed by atoms with Crippen LogP contribution in [-0.4, -0.2) is 57.9 Å². The fourth-order valence-electron chi connectivity index (χ4n) is 5.58. The average molecular weight is 563 g/mol. The monoisotopic (exact) mass is 562 g/mol. The number of pyridine rings is 1. The van der Waals surface area contributed by atoms with Crippen LogP contribution in [0.2, 0.25) is 5.15 Å². The molecular weight excluding hydrogens is 536 g/mol. The molecule has 7 rings (SSSR count). The zero-order chi connectivity index (χ0) is 27.8. The lowest BCUT2D eigenvalue weighted by atomic mass is 9.96. The molecule has 1 aliphatic rings. The van der Waals surface area contributed by atoms with E-state index in [1.54, 1.807) is 6.20 Å². The predicted molar refractivity (Wildman–Crippen MR) is 159 cm³/mol. The van der Waals surface area contributed by atoms with Crippen LogP contribution in [0.25, 0.3) is 44.8 Å². The Morgan fingerprint density at radius 3 is 2.49 bits per heavy atom. The van der Waals surface area contributed by atoms with Gasteiger partial charge in [0.05, 0.1) is 18.2 Å². The normalized spacial score (nSPS) is 14.6. The molecule has 5 heterocycles. The molecule has 3 N–H and O–H groups in total. The van der Waals surface area contributed by atoms with Gasteiger partial charge in [-0.05, 0) is 30.0 Å². The van der Waals surface area contributed by atoms with Gasteiger partial charge in [0.2, 0.25) is 0 Å². The largest absolute Gasteiger partial charge is 0.382 e. The number of H-pyrrole nitrogens is 1. The van der Waals surface area contributed by atoms with E-state index in [1.165, 1.54) is 11.9 Å². The number of imidazole rings is 1. The summed E-state index contributed by atoms with van der Waals surface area (Å²) in [5.74, 6) is 0.425. The van der Waals surface area contributed by atoms with Crippen molar-refractivity contribution < 1.29 is 0 Å². The second-order valence-electron chi connectivity index (χ2n) is 10.2. The van der Waals surface area contributed by atoms with Crippen LogP contribution in [0.5, 0.6) is 0 Å². The molecule has 1 fully saturated rings. The van der Waals surface area contributed by atoms with Crippen molar-refractivity contribution in [3.63, 3.8) is 0 Å². The molecule has 10 nitrogen and oxygen atoms in total. The van der Waals surface area contributed by atoms with Crippen LogP contribution in [0.3, 0.4) is 0 Å². The molecule has 204 valence electrons. The molecule has 0 radical (unpaired) electrons. The highest BCUT2D eigenvalue weighted by molar-refractivity contribution is 6.32. The van der Waals surface area contributed by atoms with Gasteiger partial charge < -0.3 is 10.3 Å². The van der Waals surface area contributed by atoms with E-state index >= 15 is 0 Å². The number of aromatic amines is 1. The predicted octanol–water partition coefficient (Wildman–Crippen LogP) is 5.41. The molecule has 1 aliphatic heterocycles. The maximum Gasteiger partial charge on any atom is 0.165 e. The van der Waals surface area contributed by atoms with Gasteiger partial charge in [0.25, 0.3) is 0 Å². The van der Waals surface area contributed by atoms with E-state index in [4.69, 9.17) is 22.3 Å². The Hall–Kier alpha value is -4.67. The Bertz CT molecular complexity index is 1790. The summed E-state index contributed by atoms with van der Waals surface area (Å²) in [6.07, 6.45) is 7.11. The van der Waals surface area contributed by atoms with Crippen molar-refractivity contribution >= 4 is 28.6 Å². The Morgan fingerprint density at radius 1 is 0.927 bits per heavy atom. The number of anilines is 1. The zero-order valence-electron chi connectivity index (χ0n) is 22.2. The topological polar surface area (TPSA) is 127 Å². The molecule has 0 saturated carbocycles. The molecule has 41 heavy (non-hydrogen) atoms. The van der Waals surface area contributed by atoms with E-state index in [1.807, 2.05) is 30.6 Å². The molecule has 2 aromatic carbocycles. The van der Waals surface area contributed by atoms with Gasteiger partial charge in [-0.15, -0.1) is 5.10 Å². The summed E-state index contributed by atoms with van der Waals surface area (Å²) in [6.45, 7) is 2.87. The van der Waals surface area contributed by atoms with Gasteiger partial charge in [0.1, 0.15) is 22.7 Å². The van der Waals surface area contributed by atoms with E-state index in [-0.39, 0.29) is 0 Å². The number of nitrogens with zero attached hydrogens (tertiary/aromatic N) is 8. The van der Waals surface area contributed by atoms with E-state index in [2.05, 4.69) is 76.2 Å². The standard InChI is InChI=1S/C30H27ClN10/c31-28-24(25-15-36-39-38-25)14-23(20-4-2-1-3-5-20)26(37-28)21-8-6-19(7-9-21)16-40-12-10-22(11-13-40)41-18-35-27-29(32)33-17-34-30(27)41/h1-9,14-15,17-18,22H,10-13,16H2,(H2,32,33,34)(H,36,38,39). The van der Waals surface area contributed by atoms with Crippen molar-refractivity contribution in [2.24, 2.45) is 0 Å². The number of halogens is 1. The Labute approximate surface area is 241 Å². The highest BCUT2D eigenvalue weighted by Gasteiger charge is 2.23. The fourth-order valence-corrected chi connectivity index (χ4v) is 5.82. The molecule has 0 aliphatic carbocycles. The number of nitrogens with one attached hydrogen (secondary N) is 1. The lowest BCUT2D eigenvalue weighted by molar-refractivity contribution is 0.181. The van der Waals surface area contributed by atoms with Crippen LogP contribution in [-0.2, 0) is 6.54 Å². The Kier molecular flexibility index (Phi) is 6.62. The van der Waals surface area contributed by atoms with Gasteiger partial charge in [0, 0.05) is 42.4 Å². The van der Waals surface area contributed by atoms with Crippen LogP contribution in [0.15, 0.2) is 79.5 Å². The van der Waals surface area contributed by atoms with Crippen LogP contribution in [0.4, 0.5) is 5.82 Å². The van der Waals surface area contributed by atoms with Gasteiger partial charge in [-0.2, -0.15) is 0 Å². The third kappa shape index (κ3) is 4.92. The smallest absolute Gasteiger partial charge is 0.165 e. The number of benzene rings is 2. The van der Waals surface area contributed by atoms with E-state index in [0.29, 0.717) is 28.2 Å². The number of piperidine rings is 1. The maximum absolute atomic E-state index is 6.66. The minimum Gasteiger partial charge on any atom is -0.382 e. The van der Waals surface area contributed by atoms with E-state index in [0.717, 1.165) is 66.1 Å². The first kappa shape index (κ1) is 25.3. The molecule has 4 aromatic heterocycles. The summed E-state index contributed by atoms with van der Waals surface area (Å²) < 4.78 is 2.15. The maximum atomic E-state index is 6.66. The second-order valence-corrected chi connectivity index (χ2v) is 10.6. The Balaban J connectivity index is 1.09. The van der Waals surface area contributed by atoms with Crippen molar-refractivity contribution in [3.8, 4) is 33.6 Å². The van der Waals surface area contributed by atoms with Crippen molar-refractivity contribution in [1.82, 2.24) is 44.8 Å². The van der Waals surface area contributed by atoms with Crippen molar-refractivity contribution in [1.29, 1.82) is 0 Å². The number of hydrogen-bond donors (Lipinski definition) is 2. The third-order valence-corrected chi connectivity index (χ3v) is 8.01. The molecule has 0 atom stereocenters. The van der Waals surface area contributed by atoms with Crippen LogP contribution >= 0.6 is 11.6 Å². The first-order valence-electron chi connectivity index (χ1n) is 13.5. The number of fused-ring (bicyclic) bond motifs is 1. The molecule has 11 heteroatoms. The molecule has 0 spiro atoms. The van der Waals surface area contributed by atoms with Crippen molar-refractivity contribution in [2.75, 3.05) is 18.8 Å². The van der Waals surface area contributed by atoms with Gasteiger partial charge in [-0.25, -0.2) is 19.9 Å². The Morgan fingerprint density at radius 2 is 1.73 bits per heavy atom. The minimum absolute atomic E-state index is 0.348. The van der Waals surface area contributed by atoms with Gasteiger partial charge in [0.15, 0.2) is 11.5 Å².